The first-order chi connectivity index (χ1) is 11.2. The van der Waals surface area contributed by atoms with Crippen molar-refractivity contribution in [1.29, 1.82) is 0 Å². The number of aromatic nitrogens is 2. The van der Waals surface area contributed by atoms with Crippen molar-refractivity contribution in [3.05, 3.63) is 47.1 Å². The summed E-state index contributed by atoms with van der Waals surface area (Å²) in [6.07, 6.45) is 0.958. The molecule has 24 heavy (non-hydrogen) atoms. The molecule has 0 saturated carbocycles. The molecule has 1 fully saturated rings. The number of benzene rings is 1. The minimum atomic E-state index is -0.0597. The lowest BCUT2D eigenvalue weighted by Crippen LogP contribution is -2.34. The third-order valence-electron chi connectivity index (χ3n) is 3.54. The van der Waals surface area contributed by atoms with Gasteiger partial charge in [-0.05, 0) is 37.2 Å². The summed E-state index contributed by atoms with van der Waals surface area (Å²) in [7, 11) is 0. The molecule has 0 spiro atoms. The van der Waals surface area contributed by atoms with Gasteiger partial charge < -0.3 is 10.2 Å². The van der Waals surface area contributed by atoms with Crippen LogP contribution in [0, 0.1) is 0 Å². The Morgan fingerprint density at radius 3 is 2.71 bits per heavy atom. The highest BCUT2D eigenvalue weighted by atomic mass is 35.5. The highest BCUT2D eigenvalue weighted by molar-refractivity contribution is 7.99. The molecule has 2 heterocycles. The number of carbonyl (C=O) groups is 1. The lowest BCUT2D eigenvalue weighted by Gasteiger charge is -2.19. The van der Waals surface area contributed by atoms with E-state index in [0.29, 0.717) is 22.3 Å². The molecule has 5 nitrogen and oxygen atoms in total. The summed E-state index contributed by atoms with van der Waals surface area (Å²) in [5.41, 5.74) is 0.385. The van der Waals surface area contributed by atoms with E-state index in [1.165, 1.54) is 11.8 Å². The quantitative estimate of drug-likeness (QED) is 0.880. The number of amides is 1. The van der Waals surface area contributed by atoms with E-state index in [4.69, 9.17) is 11.6 Å². The Balaban J connectivity index is 0.00000208. The van der Waals surface area contributed by atoms with Gasteiger partial charge in [0.15, 0.2) is 5.69 Å². The van der Waals surface area contributed by atoms with Gasteiger partial charge in [-0.25, -0.2) is 0 Å². The number of nitrogens with one attached hydrogen (secondary N) is 1. The van der Waals surface area contributed by atoms with Crippen molar-refractivity contribution in [1.82, 2.24) is 20.4 Å². The van der Waals surface area contributed by atoms with Crippen molar-refractivity contribution in [2.45, 2.75) is 16.3 Å². The SMILES string of the molecule is Cl.O=C(c1ccc(Sc2ccccc2Cl)nn1)N1CCCNCC1. The molecule has 0 unspecified atom stereocenters. The number of halogens is 2. The van der Waals surface area contributed by atoms with Gasteiger partial charge in [-0.15, -0.1) is 22.6 Å². The van der Waals surface area contributed by atoms with Crippen LogP contribution in [0.15, 0.2) is 46.3 Å². The monoisotopic (exact) mass is 384 g/mol. The van der Waals surface area contributed by atoms with Crippen LogP contribution in [-0.2, 0) is 0 Å². The summed E-state index contributed by atoms with van der Waals surface area (Å²) in [5.74, 6) is -0.0597. The summed E-state index contributed by atoms with van der Waals surface area (Å²) in [4.78, 5) is 15.2. The maximum absolute atomic E-state index is 12.4. The van der Waals surface area contributed by atoms with E-state index in [2.05, 4.69) is 15.5 Å². The van der Waals surface area contributed by atoms with Crippen LogP contribution >= 0.6 is 35.8 Å². The summed E-state index contributed by atoms with van der Waals surface area (Å²) >= 11 is 7.57. The molecule has 2 aromatic rings. The lowest BCUT2D eigenvalue weighted by molar-refractivity contribution is 0.0759. The summed E-state index contributed by atoms with van der Waals surface area (Å²) in [6.45, 7) is 3.22. The van der Waals surface area contributed by atoms with Crippen LogP contribution in [0.2, 0.25) is 5.02 Å². The molecule has 1 aliphatic rings. The zero-order valence-corrected chi connectivity index (χ0v) is 15.3. The van der Waals surface area contributed by atoms with Crippen molar-refractivity contribution >= 4 is 41.7 Å². The highest BCUT2D eigenvalue weighted by Gasteiger charge is 2.18. The van der Waals surface area contributed by atoms with Crippen LogP contribution in [0.4, 0.5) is 0 Å². The lowest BCUT2D eigenvalue weighted by atomic mass is 10.3. The van der Waals surface area contributed by atoms with Gasteiger partial charge in [0.1, 0.15) is 5.03 Å². The average molecular weight is 385 g/mol. The Bertz CT molecular complexity index is 676. The molecular formula is C16H18Cl2N4OS. The Labute approximate surface area is 156 Å². The summed E-state index contributed by atoms with van der Waals surface area (Å²) in [5, 5.41) is 12.9. The number of carbonyl (C=O) groups excluding carboxylic acids is 1. The van der Waals surface area contributed by atoms with Gasteiger partial charge >= 0.3 is 0 Å². The second-order valence-corrected chi connectivity index (χ2v) is 6.65. The summed E-state index contributed by atoms with van der Waals surface area (Å²) in [6, 6.07) is 11.1. The third kappa shape index (κ3) is 4.83. The van der Waals surface area contributed by atoms with Crippen LogP contribution < -0.4 is 5.32 Å². The van der Waals surface area contributed by atoms with E-state index in [0.717, 1.165) is 31.0 Å². The molecule has 0 aliphatic carbocycles. The largest absolute Gasteiger partial charge is 0.336 e. The molecule has 8 heteroatoms. The number of hydrogen-bond acceptors (Lipinski definition) is 5. The molecule has 1 amide bonds. The van der Waals surface area contributed by atoms with Crippen LogP contribution in [0.25, 0.3) is 0 Å². The fraction of sp³-hybridized carbons (Fsp3) is 0.312. The molecular weight excluding hydrogens is 367 g/mol. The average Bonchev–Trinajstić information content (AvgIpc) is 2.86. The standard InChI is InChI=1S/C16H17ClN4OS.ClH/c17-12-4-1-2-5-14(12)23-15-7-6-13(19-20-15)16(22)21-10-3-8-18-9-11-21;/h1-2,4-7,18H,3,8-11H2;1H. The van der Waals surface area contributed by atoms with E-state index in [9.17, 15) is 4.79 Å². The Kier molecular flexibility index (Phi) is 7.30. The smallest absolute Gasteiger partial charge is 0.274 e. The normalized spacial score (nSPS) is 14.6. The topological polar surface area (TPSA) is 58.1 Å². The number of rotatable bonds is 3. The second kappa shape index (κ2) is 9.22. The maximum atomic E-state index is 12.4. The van der Waals surface area contributed by atoms with Crippen LogP contribution in [0.5, 0.6) is 0 Å². The van der Waals surface area contributed by atoms with Gasteiger partial charge in [-0.1, -0.05) is 35.5 Å². The molecule has 1 aliphatic heterocycles. The second-order valence-electron chi connectivity index (χ2n) is 5.19. The molecule has 0 bridgehead atoms. The van der Waals surface area contributed by atoms with Crippen molar-refractivity contribution in [3.8, 4) is 0 Å². The van der Waals surface area contributed by atoms with Crippen molar-refractivity contribution in [2.75, 3.05) is 26.2 Å². The van der Waals surface area contributed by atoms with Crippen LogP contribution in [0.1, 0.15) is 16.9 Å². The minimum absolute atomic E-state index is 0. The minimum Gasteiger partial charge on any atom is -0.336 e. The molecule has 128 valence electrons. The summed E-state index contributed by atoms with van der Waals surface area (Å²) < 4.78 is 0. The van der Waals surface area contributed by atoms with Crippen molar-refractivity contribution < 1.29 is 4.79 Å². The zero-order valence-electron chi connectivity index (χ0n) is 12.9. The number of nitrogens with zero attached hydrogens (tertiary/aromatic N) is 3. The first-order valence-electron chi connectivity index (χ1n) is 7.50. The predicted molar refractivity (Wildman–Crippen MR) is 98.2 cm³/mol. The number of hydrogen-bond donors (Lipinski definition) is 1. The molecule has 0 atom stereocenters. The van der Waals surface area contributed by atoms with Crippen molar-refractivity contribution in [3.63, 3.8) is 0 Å². The third-order valence-corrected chi connectivity index (χ3v) is 4.98. The van der Waals surface area contributed by atoms with Gasteiger partial charge in [-0.3, -0.25) is 4.79 Å². The van der Waals surface area contributed by atoms with E-state index >= 15 is 0 Å². The van der Waals surface area contributed by atoms with E-state index in [1.54, 1.807) is 6.07 Å². The van der Waals surface area contributed by atoms with Crippen molar-refractivity contribution in [2.24, 2.45) is 0 Å². The molecule has 1 aromatic carbocycles. The molecule has 3 rings (SSSR count). The van der Waals surface area contributed by atoms with E-state index in [-0.39, 0.29) is 18.3 Å². The first kappa shape index (κ1) is 19.0. The van der Waals surface area contributed by atoms with Gasteiger partial charge in [-0.2, -0.15) is 0 Å². The molecule has 1 N–H and O–H groups in total. The van der Waals surface area contributed by atoms with Crippen LogP contribution in [-0.4, -0.2) is 47.2 Å². The van der Waals surface area contributed by atoms with E-state index < -0.39 is 0 Å². The molecule has 0 radical (unpaired) electrons. The fourth-order valence-electron chi connectivity index (χ4n) is 2.34. The van der Waals surface area contributed by atoms with Gasteiger partial charge in [0.2, 0.25) is 0 Å². The highest BCUT2D eigenvalue weighted by Crippen LogP contribution is 2.31. The first-order valence-corrected chi connectivity index (χ1v) is 8.69. The Hall–Kier alpha value is -1.34. The van der Waals surface area contributed by atoms with Gasteiger partial charge in [0.25, 0.3) is 5.91 Å². The molecule has 1 aromatic heterocycles. The fourth-order valence-corrected chi connectivity index (χ4v) is 3.35. The van der Waals surface area contributed by atoms with E-state index in [1.807, 2.05) is 35.2 Å². The Morgan fingerprint density at radius 2 is 1.96 bits per heavy atom. The van der Waals surface area contributed by atoms with Gasteiger partial charge in [0.05, 0.1) is 5.02 Å². The van der Waals surface area contributed by atoms with Gasteiger partial charge in [0, 0.05) is 24.5 Å². The maximum Gasteiger partial charge on any atom is 0.274 e. The zero-order chi connectivity index (χ0) is 16.1. The Morgan fingerprint density at radius 1 is 1.12 bits per heavy atom. The molecule has 1 saturated heterocycles. The van der Waals surface area contributed by atoms with Crippen LogP contribution in [0.3, 0.4) is 0 Å². The predicted octanol–water partition coefficient (Wildman–Crippen LogP) is 3.14.